The Balaban J connectivity index is 1.78. The first-order chi connectivity index (χ1) is 9.46. The SMILES string of the molecule is Cc1noc(C)c1CCNC(=O)NC(C)(CO)C1CC1. The minimum Gasteiger partial charge on any atom is -0.394 e. The number of urea groups is 1. The van der Waals surface area contributed by atoms with E-state index in [4.69, 9.17) is 4.52 Å². The molecule has 6 nitrogen and oxygen atoms in total. The number of aryl methyl sites for hydroxylation is 2. The summed E-state index contributed by atoms with van der Waals surface area (Å²) in [4.78, 5) is 11.9. The van der Waals surface area contributed by atoms with Crippen molar-refractivity contribution in [3.63, 3.8) is 0 Å². The minimum absolute atomic E-state index is 0.0328. The Morgan fingerprint density at radius 3 is 2.70 bits per heavy atom. The molecule has 1 aliphatic carbocycles. The highest BCUT2D eigenvalue weighted by atomic mass is 16.5. The van der Waals surface area contributed by atoms with E-state index in [9.17, 15) is 9.90 Å². The highest BCUT2D eigenvalue weighted by molar-refractivity contribution is 5.74. The van der Waals surface area contributed by atoms with E-state index in [1.165, 1.54) is 0 Å². The molecule has 3 N–H and O–H groups in total. The van der Waals surface area contributed by atoms with E-state index in [0.717, 1.165) is 29.9 Å². The van der Waals surface area contributed by atoms with Gasteiger partial charge in [0.2, 0.25) is 0 Å². The van der Waals surface area contributed by atoms with E-state index in [2.05, 4.69) is 15.8 Å². The van der Waals surface area contributed by atoms with Crippen LogP contribution in [0.2, 0.25) is 0 Å². The zero-order valence-electron chi connectivity index (χ0n) is 12.3. The molecule has 1 fully saturated rings. The van der Waals surface area contributed by atoms with Crippen molar-refractivity contribution in [2.24, 2.45) is 5.92 Å². The summed E-state index contributed by atoms with van der Waals surface area (Å²) < 4.78 is 5.08. The number of aromatic nitrogens is 1. The van der Waals surface area contributed by atoms with Gasteiger partial charge in [-0.1, -0.05) is 5.16 Å². The lowest BCUT2D eigenvalue weighted by atomic mass is 9.97. The number of hydrogen-bond acceptors (Lipinski definition) is 4. The molecular weight excluding hydrogens is 258 g/mol. The van der Waals surface area contributed by atoms with Gasteiger partial charge in [0.1, 0.15) is 5.76 Å². The van der Waals surface area contributed by atoms with Gasteiger partial charge in [0.05, 0.1) is 17.8 Å². The fourth-order valence-corrected chi connectivity index (χ4v) is 2.45. The fraction of sp³-hybridized carbons (Fsp3) is 0.714. The van der Waals surface area contributed by atoms with Crippen LogP contribution in [0.5, 0.6) is 0 Å². The van der Waals surface area contributed by atoms with Crippen molar-refractivity contribution in [3.8, 4) is 0 Å². The van der Waals surface area contributed by atoms with Gasteiger partial charge in [0.15, 0.2) is 0 Å². The van der Waals surface area contributed by atoms with E-state index in [-0.39, 0.29) is 12.6 Å². The smallest absolute Gasteiger partial charge is 0.315 e. The lowest BCUT2D eigenvalue weighted by Gasteiger charge is -2.28. The second-order valence-electron chi connectivity index (χ2n) is 5.78. The van der Waals surface area contributed by atoms with Crippen LogP contribution >= 0.6 is 0 Å². The summed E-state index contributed by atoms with van der Waals surface area (Å²) in [6, 6.07) is -0.236. The predicted octanol–water partition coefficient (Wildman–Crippen LogP) is 1.29. The molecule has 1 atom stereocenters. The third-order valence-corrected chi connectivity index (χ3v) is 4.05. The summed E-state index contributed by atoms with van der Waals surface area (Å²) in [6.07, 6.45) is 2.82. The van der Waals surface area contributed by atoms with E-state index in [1.807, 2.05) is 20.8 Å². The zero-order valence-corrected chi connectivity index (χ0v) is 12.3. The fourth-order valence-electron chi connectivity index (χ4n) is 2.45. The van der Waals surface area contributed by atoms with Crippen molar-refractivity contribution < 1.29 is 14.4 Å². The Labute approximate surface area is 118 Å². The van der Waals surface area contributed by atoms with Crippen LogP contribution in [0.15, 0.2) is 4.52 Å². The molecule has 0 saturated heterocycles. The molecule has 0 bridgehead atoms. The van der Waals surface area contributed by atoms with Crippen LogP contribution in [0, 0.1) is 19.8 Å². The van der Waals surface area contributed by atoms with Crippen molar-refractivity contribution in [2.75, 3.05) is 13.2 Å². The van der Waals surface area contributed by atoms with Crippen LogP contribution in [0.1, 0.15) is 36.8 Å². The Bertz CT molecular complexity index is 463. The van der Waals surface area contributed by atoms with Crippen molar-refractivity contribution in [2.45, 2.75) is 45.6 Å². The predicted molar refractivity (Wildman–Crippen MR) is 74.4 cm³/mol. The molecule has 0 radical (unpaired) electrons. The number of nitrogens with one attached hydrogen (secondary N) is 2. The van der Waals surface area contributed by atoms with Crippen LogP contribution in [0.3, 0.4) is 0 Å². The topological polar surface area (TPSA) is 87.4 Å². The Kier molecular flexibility index (Phi) is 4.32. The van der Waals surface area contributed by atoms with Gasteiger partial charge in [-0.05, 0) is 46.0 Å². The first kappa shape index (κ1) is 14.8. The minimum atomic E-state index is -0.507. The molecule has 6 heteroatoms. The van der Waals surface area contributed by atoms with Crippen LogP contribution in [-0.4, -0.2) is 35.0 Å². The highest BCUT2D eigenvalue weighted by Gasteiger charge is 2.42. The Morgan fingerprint density at radius 2 is 2.20 bits per heavy atom. The van der Waals surface area contributed by atoms with Gasteiger partial charge in [-0.2, -0.15) is 0 Å². The summed E-state index contributed by atoms with van der Waals surface area (Å²) in [5, 5.41) is 19.0. The average molecular weight is 281 g/mol. The normalized spacial score (nSPS) is 17.6. The maximum atomic E-state index is 11.9. The number of hydrogen-bond donors (Lipinski definition) is 3. The van der Waals surface area contributed by atoms with Crippen molar-refractivity contribution in [1.29, 1.82) is 0 Å². The van der Waals surface area contributed by atoms with Gasteiger partial charge < -0.3 is 20.3 Å². The monoisotopic (exact) mass is 281 g/mol. The third kappa shape index (κ3) is 3.30. The van der Waals surface area contributed by atoms with E-state index in [0.29, 0.717) is 18.9 Å². The number of rotatable bonds is 6. The van der Waals surface area contributed by atoms with Gasteiger partial charge in [-0.15, -0.1) is 0 Å². The van der Waals surface area contributed by atoms with Gasteiger partial charge in [0, 0.05) is 12.1 Å². The lowest BCUT2D eigenvalue weighted by molar-refractivity contribution is 0.155. The molecule has 2 amide bonds. The van der Waals surface area contributed by atoms with Crippen molar-refractivity contribution in [3.05, 3.63) is 17.0 Å². The molecule has 1 heterocycles. The molecule has 1 aliphatic rings. The van der Waals surface area contributed by atoms with Crippen LogP contribution < -0.4 is 10.6 Å². The molecule has 1 aromatic heterocycles. The maximum Gasteiger partial charge on any atom is 0.315 e. The van der Waals surface area contributed by atoms with Crippen molar-refractivity contribution in [1.82, 2.24) is 15.8 Å². The largest absolute Gasteiger partial charge is 0.394 e. The van der Waals surface area contributed by atoms with Gasteiger partial charge in [-0.25, -0.2) is 4.79 Å². The molecule has 0 aliphatic heterocycles. The average Bonchev–Trinajstić information content (AvgIpc) is 3.21. The molecule has 1 unspecified atom stereocenters. The first-order valence-corrected chi connectivity index (χ1v) is 7.05. The van der Waals surface area contributed by atoms with Gasteiger partial charge in [0.25, 0.3) is 0 Å². The molecule has 1 saturated carbocycles. The number of carbonyl (C=O) groups is 1. The highest BCUT2D eigenvalue weighted by Crippen LogP contribution is 2.39. The quantitative estimate of drug-likeness (QED) is 0.733. The Hall–Kier alpha value is -1.56. The summed E-state index contributed by atoms with van der Waals surface area (Å²) in [5.74, 6) is 1.18. The number of nitrogens with zero attached hydrogens (tertiary/aromatic N) is 1. The van der Waals surface area contributed by atoms with Crippen LogP contribution in [-0.2, 0) is 6.42 Å². The van der Waals surface area contributed by atoms with Gasteiger partial charge >= 0.3 is 6.03 Å². The molecule has 112 valence electrons. The molecular formula is C14H23N3O3. The first-order valence-electron chi connectivity index (χ1n) is 7.05. The van der Waals surface area contributed by atoms with Crippen LogP contribution in [0.25, 0.3) is 0 Å². The molecule has 2 rings (SSSR count). The maximum absolute atomic E-state index is 11.9. The molecule has 20 heavy (non-hydrogen) atoms. The summed E-state index contributed by atoms with van der Waals surface area (Å²) >= 11 is 0. The standard InChI is InChI=1S/C14H23N3O3/c1-9-12(10(2)20-17-9)6-7-15-13(19)16-14(3,8-18)11-4-5-11/h11,18H,4-8H2,1-3H3,(H2,15,16,19). The summed E-state index contributed by atoms with van der Waals surface area (Å²) in [5.41, 5.74) is 1.40. The van der Waals surface area contributed by atoms with Crippen LogP contribution in [0.4, 0.5) is 4.79 Å². The molecule has 1 aromatic rings. The summed E-state index contributed by atoms with van der Waals surface area (Å²) in [7, 11) is 0. The number of amides is 2. The third-order valence-electron chi connectivity index (χ3n) is 4.05. The van der Waals surface area contributed by atoms with E-state index in [1.54, 1.807) is 0 Å². The van der Waals surface area contributed by atoms with E-state index >= 15 is 0 Å². The Morgan fingerprint density at radius 1 is 1.50 bits per heavy atom. The molecule has 0 aromatic carbocycles. The number of aliphatic hydroxyl groups excluding tert-OH is 1. The second kappa shape index (κ2) is 5.83. The van der Waals surface area contributed by atoms with Crippen molar-refractivity contribution >= 4 is 6.03 Å². The lowest BCUT2D eigenvalue weighted by Crippen LogP contribution is -2.54. The second-order valence-corrected chi connectivity index (χ2v) is 5.78. The van der Waals surface area contributed by atoms with E-state index < -0.39 is 5.54 Å². The zero-order chi connectivity index (χ0) is 14.8. The summed E-state index contributed by atoms with van der Waals surface area (Å²) in [6.45, 7) is 6.13. The molecule has 0 spiro atoms. The number of carbonyl (C=O) groups excluding carboxylic acids is 1. The van der Waals surface area contributed by atoms with Gasteiger partial charge in [-0.3, -0.25) is 0 Å². The number of aliphatic hydroxyl groups is 1.